The molecule has 0 bridgehead atoms. The average molecular weight is 408 g/mol. The second kappa shape index (κ2) is 9.95. The molecule has 0 aromatic heterocycles. The molecule has 2 rings (SSSR count). The van der Waals surface area contributed by atoms with E-state index in [0.717, 1.165) is 17.7 Å². The first-order chi connectivity index (χ1) is 13.7. The molecule has 0 saturated heterocycles. The number of halogens is 3. The van der Waals surface area contributed by atoms with Gasteiger partial charge < -0.3 is 15.4 Å². The summed E-state index contributed by atoms with van der Waals surface area (Å²) >= 11 is 0. The van der Waals surface area contributed by atoms with Crippen LogP contribution in [0.15, 0.2) is 48.5 Å². The Hall–Kier alpha value is -3.03. The van der Waals surface area contributed by atoms with Gasteiger partial charge in [-0.15, -0.1) is 0 Å². The third-order valence-electron chi connectivity index (χ3n) is 4.32. The van der Waals surface area contributed by atoms with E-state index in [0.29, 0.717) is 17.9 Å². The number of hydrogen-bond acceptors (Lipinski definition) is 3. The topological polar surface area (TPSA) is 67.4 Å². The first-order valence-corrected chi connectivity index (χ1v) is 9.02. The van der Waals surface area contributed by atoms with Crippen molar-refractivity contribution in [2.24, 2.45) is 5.92 Å². The van der Waals surface area contributed by atoms with Gasteiger partial charge in [-0.05, 0) is 35.7 Å². The van der Waals surface area contributed by atoms with E-state index in [-0.39, 0.29) is 18.9 Å². The molecule has 8 heteroatoms. The van der Waals surface area contributed by atoms with Gasteiger partial charge in [0.25, 0.3) is 0 Å². The van der Waals surface area contributed by atoms with E-state index in [2.05, 4.69) is 10.6 Å². The number of carbonyl (C=O) groups is 2. The van der Waals surface area contributed by atoms with Crippen molar-refractivity contribution < 1.29 is 27.5 Å². The SMILES string of the molecule is COc1ccc(CNC(=O)CNC(=O)C(C)Cc2cccc(C(F)(F)F)c2)cc1. The molecule has 2 aromatic rings. The number of rotatable bonds is 8. The van der Waals surface area contributed by atoms with Crippen molar-refractivity contribution in [2.45, 2.75) is 26.1 Å². The van der Waals surface area contributed by atoms with Gasteiger partial charge in [-0.3, -0.25) is 9.59 Å². The first-order valence-electron chi connectivity index (χ1n) is 9.02. The maximum Gasteiger partial charge on any atom is 0.416 e. The van der Waals surface area contributed by atoms with E-state index >= 15 is 0 Å². The lowest BCUT2D eigenvalue weighted by molar-refractivity contribution is -0.137. The Bertz CT molecular complexity index is 836. The fourth-order valence-corrected chi connectivity index (χ4v) is 2.67. The summed E-state index contributed by atoms with van der Waals surface area (Å²) in [6, 6.07) is 12.1. The van der Waals surface area contributed by atoms with Gasteiger partial charge in [0.1, 0.15) is 5.75 Å². The molecule has 0 radical (unpaired) electrons. The maximum absolute atomic E-state index is 12.8. The molecule has 2 N–H and O–H groups in total. The fraction of sp³-hybridized carbons (Fsp3) is 0.333. The molecule has 1 atom stereocenters. The minimum absolute atomic E-state index is 0.142. The lowest BCUT2D eigenvalue weighted by Gasteiger charge is -2.14. The summed E-state index contributed by atoms with van der Waals surface area (Å²) in [4.78, 5) is 24.1. The van der Waals surface area contributed by atoms with Crippen LogP contribution in [0.2, 0.25) is 0 Å². The predicted octanol–water partition coefficient (Wildman–Crippen LogP) is 3.33. The fourth-order valence-electron chi connectivity index (χ4n) is 2.67. The van der Waals surface area contributed by atoms with Crippen LogP contribution in [0.5, 0.6) is 5.75 Å². The van der Waals surface area contributed by atoms with Crippen molar-refractivity contribution in [2.75, 3.05) is 13.7 Å². The lowest BCUT2D eigenvalue weighted by Crippen LogP contribution is -2.39. The Morgan fingerprint density at radius 2 is 1.72 bits per heavy atom. The van der Waals surface area contributed by atoms with Crippen molar-refractivity contribution in [1.82, 2.24) is 10.6 Å². The molecule has 1 unspecified atom stereocenters. The molecule has 0 aliphatic carbocycles. The molecule has 0 spiro atoms. The summed E-state index contributed by atoms with van der Waals surface area (Å²) in [6.45, 7) is 1.70. The van der Waals surface area contributed by atoms with Gasteiger partial charge in [0.05, 0.1) is 19.2 Å². The summed E-state index contributed by atoms with van der Waals surface area (Å²) in [5, 5.41) is 5.19. The Kier molecular flexibility index (Phi) is 7.64. The van der Waals surface area contributed by atoms with E-state index in [9.17, 15) is 22.8 Å². The van der Waals surface area contributed by atoms with Crippen molar-refractivity contribution in [3.63, 3.8) is 0 Å². The van der Waals surface area contributed by atoms with Gasteiger partial charge in [-0.1, -0.05) is 37.3 Å². The van der Waals surface area contributed by atoms with Crippen molar-refractivity contribution in [3.8, 4) is 5.75 Å². The molecule has 29 heavy (non-hydrogen) atoms. The van der Waals surface area contributed by atoms with Crippen LogP contribution in [0.4, 0.5) is 13.2 Å². The van der Waals surface area contributed by atoms with Crippen LogP contribution in [0, 0.1) is 5.92 Å². The second-order valence-corrected chi connectivity index (χ2v) is 6.65. The van der Waals surface area contributed by atoms with Crippen LogP contribution in [-0.2, 0) is 28.7 Å². The highest BCUT2D eigenvalue weighted by atomic mass is 19.4. The summed E-state index contributed by atoms with van der Waals surface area (Å²) in [5.74, 6) is -0.627. The minimum atomic E-state index is -4.43. The van der Waals surface area contributed by atoms with Crippen molar-refractivity contribution >= 4 is 11.8 Å². The Labute approximate surface area is 167 Å². The molecule has 0 fully saturated rings. The largest absolute Gasteiger partial charge is 0.497 e. The molecular formula is C21H23F3N2O3. The zero-order chi connectivity index (χ0) is 21.4. The van der Waals surface area contributed by atoms with Gasteiger partial charge in [0, 0.05) is 12.5 Å². The number of nitrogens with one attached hydrogen (secondary N) is 2. The number of amides is 2. The zero-order valence-electron chi connectivity index (χ0n) is 16.2. The number of hydrogen-bond donors (Lipinski definition) is 2. The summed E-state index contributed by atoms with van der Waals surface area (Å²) in [6.07, 6.45) is -4.29. The Morgan fingerprint density at radius 3 is 2.34 bits per heavy atom. The monoisotopic (exact) mass is 408 g/mol. The standard InChI is InChI=1S/C21H23F3N2O3/c1-14(10-16-4-3-5-17(11-16)21(22,23)24)20(28)26-13-19(27)25-12-15-6-8-18(29-2)9-7-15/h3-9,11,14H,10,12-13H2,1-2H3,(H,25,27)(H,26,28). The predicted molar refractivity (Wildman–Crippen MR) is 102 cm³/mol. The van der Waals surface area contributed by atoms with Crippen LogP contribution < -0.4 is 15.4 Å². The zero-order valence-corrected chi connectivity index (χ0v) is 16.2. The molecule has 2 amide bonds. The molecule has 5 nitrogen and oxygen atoms in total. The summed E-state index contributed by atoms with van der Waals surface area (Å²) in [7, 11) is 1.56. The summed E-state index contributed by atoms with van der Waals surface area (Å²) < 4.78 is 43.4. The van der Waals surface area contributed by atoms with E-state index in [1.54, 1.807) is 32.2 Å². The average Bonchev–Trinajstić information content (AvgIpc) is 2.70. The van der Waals surface area contributed by atoms with Crippen LogP contribution >= 0.6 is 0 Å². The van der Waals surface area contributed by atoms with Crippen molar-refractivity contribution in [3.05, 3.63) is 65.2 Å². The van der Waals surface area contributed by atoms with E-state index in [1.165, 1.54) is 6.07 Å². The minimum Gasteiger partial charge on any atom is -0.497 e. The molecule has 0 saturated carbocycles. The number of alkyl halides is 3. The number of ether oxygens (including phenoxy) is 1. The van der Waals surface area contributed by atoms with E-state index in [4.69, 9.17) is 4.74 Å². The van der Waals surface area contributed by atoms with Crippen molar-refractivity contribution in [1.29, 1.82) is 0 Å². The smallest absolute Gasteiger partial charge is 0.416 e. The molecule has 156 valence electrons. The highest BCUT2D eigenvalue weighted by Crippen LogP contribution is 2.30. The van der Waals surface area contributed by atoms with Crippen LogP contribution in [0.3, 0.4) is 0 Å². The van der Waals surface area contributed by atoms with Crippen LogP contribution in [0.25, 0.3) is 0 Å². The number of carbonyl (C=O) groups excluding carboxylic acids is 2. The molecule has 0 heterocycles. The normalized spacial score (nSPS) is 12.2. The highest BCUT2D eigenvalue weighted by molar-refractivity contribution is 5.85. The third-order valence-corrected chi connectivity index (χ3v) is 4.32. The van der Waals surface area contributed by atoms with Crippen LogP contribution in [-0.4, -0.2) is 25.5 Å². The Balaban J connectivity index is 1.78. The van der Waals surface area contributed by atoms with Gasteiger partial charge in [-0.25, -0.2) is 0 Å². The lowest BCUT2D eigenvalue weighted by atomic mass is 9.98. The number of methoxy groups -OCH3 is 1. The van der Waals surface area contributed by atoms with Gasteiger partial charge in [0.2, 0.25) is 11.8 Å². The van der Waals surface area contributed by atoms with E-state index in [1.807, 2.05) is 12.1 Å². The highest BCUT2D eigenvalue weighted by Gasteiger charge is 2.30. The molecule has 2 aromatic carbocycles. The Morgan fingerprint density at radius 1 is 1.03 bits per heavy atom. The van der Waals surface area contributed by atoms with Gasteiger partial charge in [-0.2, -0.15) is 13.2 Å². The molecular weight excluding hydrogens is 385 g/mol. The number of benzene rings is 2. The quantitative estimate of drug-likeness (QED) is 0.704. The molecule has 0 aliphatic heterocycles. The third kappa shape index (κ3) is 7.14. The maximum atomic E-state index is 12.8. The van der Waals surface area contributed by atoms with Gasteiger partial charge >= 0.3 is 6.18 Å². The van der Waals surface area contributed by atoms with Gasteiger partial charge in [0.15, 0.2) is 0 Å². The summed E-state index contributed by atoms with van der Waals surface area (Å²) in [5.41, 5.74) is 0.537. The van der Waals surface area contributed by atoms with Crippen LogP contribution in [0.1, 0.15) is 23.6 Å². The van der Waals surface area contributed by atoms with E-state index < -0.39 is 23.6 Å². The first kappa shape index (κ1) is 22.3. The molecule has 0 aliphatic rings. The second-order valence-electron chi connectivity index (χ2n) is 6.65.